The van der Waals surface area contributed by atoms with Crippen LogP contribution in [0.2, 0.25) is 0 Å². The Morgan fingerprint density at radius 3 is 2.50 bits per heavy atom. The number of piperidine rings is 1. The molecule has 9 nitrogen and oxygen atoms in total. The van der Waals surface area contributed by atoms with Gasteiger partial charge in [0.2, 0.25) is 15.9 Å². The lowest BCUT2D eigenvalue weighted by Crippen LogP contribution is -2.35. The number of nitrogens with one attached hydrogen (secondary N) is 2. The van der Waals surface area contributed by atoms with E-state index in [1.807, 2.05) is 0 Å². The second-order valence-electron chi connectivity index (χ2n) is 9.90. The molecule has 1 aliphatic heterocycles. The number of rotatable bonds is 10. The van der Waals surface area contributed by atoms with Gasteiger partial charge in [0.05, 0.1) is 42.4 Å². The number of aryl methyl sites for hydroxylation is 1. The number of anilines is 3. The Morgan fingerprint density at radius 2 is 1.87 bits per heavy atom. The molecular formula is C25H31F3N4O5S. The number of carbonyl (C=O) groups excluding carboxylic acids is 1. The number of halogens is 3. The summed E-state index contributed by atoms with van der Waals surface area (Å²) in [5.41, 5.74) is 2.33. The zero-order chi connectivity index (χ0) is 27.6. The van der Waals surface area contributed by atoms with Gasteiger partial charge >= 0.3 is 6.18 Å². The lowest BCUT2D eigenvalue weighted by atomic mass is 9.93. The molecule has 0 atom stereocenters. The van der Waals surface area contributed by atoms with Crippen LogP contribution in [0, 0.1) is 12.3 Å². The van der Waals surface area contributed by atoms with Gasteiger partial charge in [-0.05, 0) is 67.9 Å². The van der Waals surface area contributed by atoms with E-state index in [1.165, 1.54) is 31.0 Å². The predicted molar refractivity (Wildman–Crippen MR) is 137 cm³/mol. The minimum Gasteiger partial charge on any atom is -0.477 e. The van der Waals surface area contributed by atoms with Crippen molar-refractivity contribution in [2.24, 2.45) is 5.41 Å². The van der Waals surface area contributed by atoms with Crippen LogP contribution >= 0.6 is 0 Å². The monoisotopic (exact) mass is 556 g/mol. The summed E-state index contributed by atoms with van der Waals surface area (Å²) in [5.74, 6) is -1.11. The van der Waals surface area contributed by atoms with E-state index in [2.05, 4.69) is 19.9 Å². The Morgan fingerprint density at radius 1 is 1.16 bits per heavy atom. The summed E-state index contributed by atoms with van der Waals surface area (Å²) in [6.45, 7) is 2.03. The number of aliphatic hydroxyl groups excluding tert-OH is 1. The molecule has 1 spiro atoms. The SMILES string of the molecule is Cc1cc(OCCC(F)(F)F)nc(C(=O)Nc2ccc(NS(=O)(=O)CCO)cc2N2CCC3(CC2)CC3)c1. The number of aromatic nitrogens is 1. The maximum Gasteiger partial charge on any atom is 0.392 e. The van der Waals surface area contributed by atoms with Crippen LogP contribution in [0.15, 0.2) is 30.3 Å². The summed E-state index contributed by atoms with van der Waals surface area (Å²) >= 11 is 0. The van der Waals surface area contributed by atoms with Crippen LogP contribution < -0.4 is 19.7 Å². The molecule has 1 saturated heterocycles. The highest BCUT2D eigenvalue weighted by atomic mass is 32.2. The molecule has 4 rings (SSSR count). The minimum atomic E-state index is -4.37. The maximum absolute atomic E-state index is 13.1. The fourth-order valence-electron chi connectivity index (χ4n) is 4.50. The molecule has 0 bridgehead atoms. The second-order valence-corrected chi connectivity index (χ2v) is 11.7. The first-order valence-corrected chi connectivity index (χ1v) is 14.0. The Hall–Kier alpha value is -3.06. The van der Waals surface area contributed by atoms with Gasteiger partial charge in [0, 0.05) is 19.2 Å². The van der Waals surface area contributed by atoms with Gasteiger partial charge in [-0.15, -0.1) is 0 Å². The quantitative estimate of drug-likeness (QED) is 0.403. The Balaban J connectivity index is 1.55. The average molecular weight is 557 g/mol. The standard InChI is InChI=1S/C25H31F3N4O5S/c1-17-14-20(29-22(15-17)37-12-8-25(26,27)28)23(34)30-19-3-2-18(31-38(35,36)13-11-33)16-21(19)32-9-6-24(4-5-24)7-10-32/h2-3,14-16,31,33H,4-13H2,1H3,(H,30,34). The number of pyridine rings is 1. The molecule has 0 radical (unpaired) electrons. The normalized spacial score (nSPS) is 16.8. The van der Waals surface area contributed by atoms with Gasteiger partial charge in [-0.3, -0.25) is 9.52 Å². The zero-order valence-corrected chi connectivity index (χ0v) is 21.8. The molecule has 2 aliphatic rings. The fourth-order valence-corrected chi connectivity index (χ4v) is 5.32. The van der Waals surface area contributed by atoms with Gasteiger partial charge in [0.1, 0.15) is 5.69 Å². The predicted octanol–water partition coefficient (Wildman–Crippen LogP) is 4.09. The van der Waals surface area contributed by atoms with Crippen LogP contribution in [-0.2, 0) is 10.0 Å². The van der Waals surface area contributed by atoms with Crippen LogP contribution in [0.5, 0.6) is 5.88 Å². The number of ether oxygens (including phenoxy) is 1. The van der Waals surface area contributed by atoms with Gasteiger partial charge < -0.3 is 20.1 Å². The van der Waals surface area contributed by atoms with Gasteiger partial charge in [0.25, 0.3) is 5.91 Å². The molecule has 2 heterocycles. The highest BCUT2D eigenvalue weighted by Crippen LogP contribution is 2.54. The number of hydrogen-bond donors (Lipinski definition) is 3. The van der Waals surface area contributed by atoms with E-state index in [0.29, 0.717) is 28.0 Å². The van der Waals surface area contributed by atoms with E-state index in [-0.39, 0.29) is 11.6 Å². The number of benzene rings is 1. The van der Waals surface area contributed by atoms with Gasteiger partial charge in [-0.1, -0.05) is 0 Å². The summed E-state index contributed by atoms with van der Waals surface area (Å²) in [5, 5.41) is 11.8. The maximum atomic E-state index is 13.1. The highest BCUT2D eigenvalue weighted by Gasteiger charge is 2.44. The van der Waals surface area contributed by atoms with Crippen LogP contribution in [0.4, 0.5) is 30.2 Å². The third-order valence-corrected chi connectivity index (χ3v) is 8.08. The summed E-state index contributed by atoms with van der Waals surface area (Å²) in [7, 11) is -3.75. The van der Waals surface area contributed by atoms with Crippen LogP contribution in [0.25, 0.3) is 0 Å². The van der Waals surface area contributed by atoms with Crippen molar-refractivity contribution in [3.63, 3.8) is 0 Å². The van der Waals surface area contributed by atoms with Crippen LogP contribution in [0.3, 0.4) is 0 Å². The molecule has 1 aromatic heterocycles. The highest BCUT2D eigenvalue weighted by molar-refractivity contribution is 7.92. The Labute approximate surface area is 219 Å². The molecule has 1 saturated carbocycles. The molecule has 38 heavy (non-hydrogen) atoms. The Kier molecular flexibility index (Phi) is 8.07. The number of sulfonamides is 1. The van der Waals surface area contributed by atoms with E-state index in [4.69, 9.17) is 9.84 Å². The largest absolute Gasteiger partial charge is 0.477 e. The lowest BCUT2D eigenvalue weighted by Gasteiger charge is -2.35. The Bertz CT molecular complexity index is 1270. The molecule has 0 unspecified atom stereocenters. The number of hydrogen-bond acceptors (Lipinski definition) is 7. The average Bonchev–Trinajstić information content (AvgIpc) is 3.58. The van der Waals surface area contributed by atoms with Crippen molar-refractivity contribution < 1.29 is 36.2 Å². The number of carbonyl (C=O) groups is 1. The molecular weight excluding hydrogens is 525 g/mol. The smallest absolute Gasteiger partial charge is 0.392 e. The van der Waals surface area contributed by atoms with Crippen molar-refractivity contribution >= 4 is 33.0 Å². The second kappa shape index (κ2) is 11.0. The molecule has 1 aromatic carbocycles. The molecule has 1 aliphatic carbocycles. The van der Waals surface area contributed by atoms with E-state index < -0.39 is 47.5 Å². The van der Waals surface area contributed by atoms with Crippen molar-refractivity contribution in [1.82, 2.24) is 4.98 Å². The first-order chi connectivity index (χ1) is 17.9. The van der Waals surface area contributed by atoms with E-state index in [9.17, 15) is 26.4 Å². The molecule has 2 aromatic rings. The van der Waals surface area contributed by atoms with E-state index >= 15 is 0 Å². The van der Waals surface area contributed by atoms with Crippen molar-refractivity contribution in [2.75, 3.05) is 47.0 Å². The molecule has 13 heteroatoms. The van der Waals surface area contributed by atoms with Crippen molar-refractivity contribution in [2.45, 2.75) is 45.2 Å². The number of nitrogens with zero attached hydrogens (tertiary/aromatic N) is 2. The number of aliphatic hydroxyl groups is 1. The number of amides is 1. The summed E-state index contributed by atoms with van der Waals surface area (Å²) in [6, 6.07) is 7.69. The van der Waals surface area contributed by atoms with Crippen LogP contribution in [0.1, 0.15) is 48.2 Å². The molecule has 3 N–H and O–H groups in total. The molecule has 1 amide bonds. The first-order valence-electron chi connectivity index (χ1n) is 12.4. The van der Waals surface area contributed by atoms with E-state index in [0.717, 1.165) is 25.9 Å². The fraction of sp³-hybridized carbons (Fsp3) is 0.520. The van der Waals surface area contributed by atoms with Gasteiger partial charge in [0.15, 0.2) is 0 Å². The van der Waals surface area contributed by atoms with Crippen molar-refractivity contribution in [3.05, 3.63) is 41.6 Å². The first kappa shape index (κ1) is 28.0. The van der Waals surface area contributed by atoms with Crippen molar-refractivity contribution in [1.29, 1.82) is 0 Å². The van der Waals surface area contributed by atoms with Gasteiger partial charge in [-0.2, -0.15) is 13.2 Å². The third-order valence-electron chi connectivity index (χ3n) is 6.82. The third kappa shape index (κ3) is 7.50. The molecule has 2 fully saturated rings. The summed E-state index contributed by atoms with van der Waals surface area (Å²) in [6.07, 6.45) is -1.10. The molecule has 208 valence electrons. The minimum absolute atomic E-state index is 0.0266. The summed E-state index contributed by atoms with van der Waals surface area (Å²) in [4.78, 5) is 19.3. The number of alkyl halides is 3. The van der Waals surface area contributed by atoms with E-state index in [1.54, 1.807) is 19.1 Å². The van der Waals surface area contributed by atoms with Gasteiger partial charge in [-0.25, -0.2) is 13.4 Å². The topological polar surface area (TPSA) is 121 Å². The lowest BCUT2D eigenvalue weighted by molar-refractivity contribution is -0.139. The van der Waals surface area contributed by atoms with Crippen LogP contribution in [-0.4, -0.2) is 62.6 Å². The van der Waals surface area contributed by atoms with Crippen molar-refractivity contribution in [3.8, 4) is 5.88 Å². The summed E-state index contributed by atoms with van der Waals surface area (Å²) < 4.78 is 69.3. The zero-order valence-electron chi connectivity index (χ0n) is 21.0.